The first-order valence-electron chi connectivity index (χ1n) is 7.37. The van der Waals surface area contributed by atoms with Gasteiger partial charge in [-0.2, -0.15) is 0 Å². The molecule has 0 aliphatic rings. The van der Waals surface area contributed by atoms with Gasteiger partial charge >= 0.3 is 5.97 Å². The third-order valence-electron chi connectivity index (χ3n) is 3.56. The molecule has 132 valence electrons. The summed E-state index contributed by atoms with van der Waals surface area (Å²) in [5, 5.41) is 9.31. The van der Waals surface area contributed by atoms with Crippen LogP contribution in [-0.2, 0) is 11.2 Å². The number of ether oxygens (including phenoxy) is 1. The van der Waals surface area contributed by atoms with Crippen molar-refractivity contribution < 1.29 is 23.8 Å². The molecule has 0 aliphatic heterocycles. The van der Waals surface area contributed by atoms with Gasteiger partial charge in [-0.25, -0.2) is 14.2 Å². The molecule has 1 N–H and O–H groups in total. The number of nitrogens with zero attached hydrogens (tertiary/aromatic N) is 2. The average molecular weight is 367 g/mol. The van der Waals surface area contributed by atoms with Gasteiger partial charge in [-0.05, 0) is 36.2 Å². The smallest absolute Gasteiger partial charge is 0.336 e. The van der Waals surface area contributed by atoms with Crippen LogP contribution in [0.2, 0.25) is 5.15 Å². The molecule has 8 heteroatoms. The summed E-state index contributed by atoms with van der Waals surface area (Å²) < 4.78 is 19.0. The van der Waals surface area contributed by atoms with Gasteiger partial charge in [-0.1, -0.05) is 18.5 Å². The summed E-state index contributed by atoms with van der Waals surface area (Å²) in [6.45, 7) is 1.51. The van der Waals surface area contributed by atoms with E-state index in [1.165, 1.54) is 19.4 Å². The summed E-state index contributed by atoms with van der Waals surface area (Å²) in [4.78, 5) is 29.3. The number of rotatable bonds is 6. The molecule has 1 aromatic carbocycles. The number of carboxylic acids is 1. The molecule has 0 saturated carbocycles. The Hall–Kier alpha value is -2.51. The molecule has 25 heavy (non-hydrogen) atoms. The number of aromatic carboxylic acids is 1. The third kappa shape index (κ3) is 3.94. The van der Waals surface area contributed by atoms with Crippen molar-refractivity contribution in [1.29, 1.82) is 0 Å². The molecule has 1 heterocycles. The summed E-state index contributed by atoms with van der Waals surface area (Å²) in [6.07, 6.45) is 1.72. The second-order valence-electron chi connectivity index (χ2n) is 5.10. The number of carboxylic acid groups (broad SMARTS) is 1. The highest BCUT2D eigenvalue weighted by Gasteiger charge is 2.25. The van der Waals surface area contributed by atoms with E-state index in [1.54, 1.807) is 13.0 Å². The van der Waals surface area contributed by atoms with Crippen LogP contribution in [0.4, 0.5) is 10.1 Å². The van der Waals surface area contributed by atoms with Crippen molar-refractivity contribution in [3.8, 4) is 0 Å². The number of hydrogen-bond donors (Lipinski definition) is 1. The molecule has 0 bridgehead atoms. The lowest BCUT2D eigenvalue weighted by Crippen LogP contribution is -2.34. The van der Waals surface area contributed by atoms with Crippen LogP contribution in [0.1, 0.15) is 33.2 Å². The Kier molecular flexibility index (Phi) is 6.06. The molecule has 0 radical (unpaired) electrons. The standard InChI is InChI=1S/C17H16ClFN2O4/c1-3-11-13(17(23)24)7-10(19)8-14(11)21(9-25-2)16(22)12-5-4-6-20-15(12)18/h4-8H,3,9H2,1-2H3,(H,23,24). The first-order chi connectivity index (χ1) is 11.9. The molecule has 1 amide bonds. The molecule has 0 fully saturated rings. The van der Waals surface area contributed by atoms with E-state index in [9.17, 15) is 19.1 Å². The summed E-state index contributed by atoms with van der Waals surface area (Å²) >= 11 is 5.97. The molecule has 0 unspecified atom stereocenters. The van der Waals surface area contributed by atoms with Crippen LogP contribution in [0.25, 0.3) is 0 Å². The van der Waals surface area contributed by atoms with Crippen LogP contribution in [-0.4, -0.2) is 35.8 Å². The topological polar surface area (TPSA) is 79.7 Å². The van der Waals surface area contributed by atoms with E-state index in [0.717, 1.165) is 17.0 Å². The molecule has 0 atom stereocenters. The van der Waals surface area contributed by atoms with Crippen molar-refractivity contribution >= 4 is 29.2 Å². The number of halogens is 2. The van der Waals surface area contributed by atoms with Gasteiger partial charge < -0.3 is 9.84 Å². The van der Waals surface area contributed by atoms with Crippen molar-refractivity contribution in [1.82, 2.24) is 4.98 Å². The molecule has 0 saturated heterocycles. The lowest BCUT2D eigenvalue weighted by Gasteiger charge is -2.25. The minimum absolute atomic E-state index is 0.0125. The molecule has 0 spiro atoms. The van der Waals surface area contributed by atoms with E-state index < -0.39 is 17.7 Å². The van der Waals surface area contributed by atoms with Crippen molar-refractivity contribution in [2.75, 3.05) is 18.7 Å². The highest BCUT2D eigenvalue weighted by molar-refractivity contribution is 6.33. The second kappa shape index (κ2) is 8.04. The zero-order valence-electron chi connectivity index (χ0n) is 13.6. The number of carbonyl (C=O) groups excluding carboxylic acids is 1. The SMILES string of the molecule is CCc1c(C(=O)O)cc(F)cc1N(COC)C(=O)c1cccnc1Cl. The zero-order chi connectivity index (χ0) is 18.6. The zero-order valence-corrected chi connectivity index (χ0v) is 14.4. The normalized spacial score (nSPS) is 10.6. The van der Waals surface area contributed by atoms with Gasteiger partial charge in [0.15, 0.2) is 0 Å². The lowest BCUT2D eigenvalue weighted by atomic mass is 10.0. The summed E-state index contributed by atoms with van der Waals surface area (Å²) in [5.74, 6) is -2.62. The monoisotopic (exact) mass is 366 g/mol. The number of hydrogen-bond acceptors (Lipinski definition) is 4. The number of pyridine rings is 1. The van der Waals surface area contributed by atoms with Gasteiger partial charge in [-0.15, -0.1) is 0 Å². The van der Waals surface area contributed by atoms with Crippen molar-refractivity contribution in [3.05, 3.63) is 58.1 Å². The first kappa shape index (κ1) is 18.8. The van der Waals surface area contributed by atoms with Gasteiger partial charge in [0.2, 0.25) is 0 Å². The van der Waals surface area contributed by atoms with Crippen LogP contribution < -0.4 is 4.90 Å². The largest absolute Gasteiger partial charge is 0.478 e. The van der Waals surface area contributed by atoms with E-state index in [0.29, 0.717) is 5.56 Å². The fourth-order valence-electron chi connectivity index (χ4n) is 2.48. The Morgan fingerprint density at radius 1 is 1.36 bits per heavy atom. The van der Waals surface area contributed by atoms with Crippen LogP contribution >= 0.6 is 11.6 Å². The molecule has 6 nitrogen and oxygen atoms in total. The maximum Gasteiger partial charge on any atom is 0.336 e. The molecular formula is C17H16ClFN2O4. The minimum atomic E-state index is -1.28. The fraction of sp³-hybridized carbons (Fsp3) is 0.235. The van der Waals surface area contributed by atoms with E-state index in [2.05, 4.69) is 4.98 Å². The number of anilines is 1. The minimum Gasteiger partial charge on any atom is -0.478 e. The van der Waals surface area contributed by atoms with Crippen LogP contribution in [0, 0.1) is 5.82 Å². The molecule has 2 rings (SSSR count). The summed E-state index contributed by atoms with van der Waals surface area (Å²) in [7, 11) is 1.37. The first-order valence-corrected chi connectivity index (χ1v) is 7.75. The third-order valence-corrected chi connectivity index (χ3v) is 3.86. The Labute approximate surface area is 148 Å². The van der Waals surface area contributed by atoms with Gasteiger partial charge in [0.25, 0.3) is 5.91 Å². The van der Waals surface area contributed by atoms with E-state index >= 15 is 0 Å². The van der Waals surface area contributed by atoms with Gasteiger partial charge in [0, 0.05) is 13.3 Å². The fourth-order valence-corrected chi connectivity index (χ4v) is 2.68. The number of methoxy groups -OCH3 is 1. The molecule has 2 aromatic rings. The number of amides is 1. The number of carbonyl (C=O) groups is 2. The highest BCUT2D eigenvalue weighted by Crippen LogP contribution is 2.29. The maximum absolute atomic E-state index is 14.0. The van der Waals surface area contributed by atoms with E-state index in [-0.39, 0.29) is 35.1 Å². The number of aromatic nitrogens is 1. The van der Waals surface area contributed by atoms with Gasteiger partial charge in [-0.3, -0.25) is 9.69 Å². The second-order valence-corrected chi connectivity index (χ2v) is 5.46. The van der Waals surface area contributed by atoms with Crippen molar-refractivity contribution in [3.63, 3.8) is 0 Å². The summed E-state index contributed by atoms with van der Waals surface area (Å²) in [5.41, 5.74) is 0.332. The lowest BCUT2D eigenvalue weighted by molar-refractivity contribution is 0.0694. The van der Waals surface area contributed by atoms with Crippen LogP contribution in [0.3, 0.4) is 0 Å². The number of benzene rings is 1. The summed E-state index contributed by atoms with van der Waals surface area (Å²) in [6, 6.07) is 5.05. The predicted octanol–water partition coefficient (Wildman–Crippen LogP) is 3.39. The quantitative estimate of drug-likeness (QED) is 0.626. The van der Waals surface area contributed by atoms with Crippen LogP contribution in [0.15, 0.2) is 30.5 Å². The Morgan fingerprint density at radius 2 is 2.08 bits per heavy atom. The molecule has 1 aromatic heterocycles. The Bertz CT molecular complexity index is 813. The van der Waals surface area contributed by atoms with Gasteiger partial charge in [0.1, 0.15) is 17.7 Å². The molecular weight excluding hydrogens is 351 g/mol. The van der Waals surface area contributed by atoms with Crippen molar-refractivity contribution in [2.45, 2.75) is 13.3 Å². The molecule has 0 aliphatic carbocycles. The Balaban J connectivity index is 2.63. The van der Waals surface area contributed by atoms with Gasteiger partial charge in [0.05, 0.1) is 16.8 Å². The van der Waals surface area contributed by atoms with E-state index in [1.807, 2.05) is 0 Å². The van der Waals surface area contributed by atoms with Crippen LogP contribution in [0.5, 0.6) is 0 Å². The van der Waals surface area contributed by atoms with E-state index in [4.69, 9.17) is 16.3 Å². The Morgan fingerprint density at radius 3 is 2.64 bits per heavy atom. The average Bonchev–Trinajstić information content (AvgIpc) is 2.58. The maximum atomic E-state index is 14.0. The highest BCUT2D eigenvalue weighted by atomic mass is 35.5. The predicted molar refractivity (Wildman–Crippen MR) is 90.7 cm³/mol. The van der Waals surface area contributed by atoms with Crippen molar-refractivity contribution in [2.24, 2.45) is 0 Å².